The van der Waals surface area contributed by atoms with Gasteiger partial charge in [0, 0.05) is 20.9 Å². The molecule has 0 N–H and O–H groups in total. The van der Waals surface area contributed by atoms with Crippen LogP contribution in [0.3, 0.4) is 0 Å². The lowest BCUT2D eigenvalue weighted by atomic mass is 10.1. The first-order chi connectivity index (χ1) is 14.1. The van der Waals surface area contributed by atoms with E-state index < -0.39 is 34.7 Å². The molecular weight excluding hydrogens is 415 g/mol. The number of fused-ring (bicyclic) bond motifs is 1. The molecule has 0 aliphatic heterocycles. The number of hydrogen-bond donors (Lipinski definition) is 0. The summed E-state index contributed by atoms with van der Waals surface area (Å²) in [5, 5.41) is 0.312. The molecule has 0 aliphatic rings. The molecule has 1 heterocycles. The highest BCUT2D eigenvalue weighted by Gasteiger charge is 2.31. The van der Waals surface area contributed by atoms with E-state index in [1.807, 2.05) is 0 Å². The molecule has 0 fully saturated rings. The highest BCUT2D eigenvalue weighted by Crippen LogP contribution is 2.34. The topological polar surface area (TPSA) is 85.7 Å². The SMILES string of the molecule is CC(=O)Oc1c(C(=O)N(C(C)=O)c2ccc(F)cc2)c(=O)n(C)c2cccc(Cl)c12. The molecule has 0 saturated carbocycles. The molecule has 0 aliphatic carbocycles. The molecule has 0 radical (unpaired) electrons. The molecule has 30 heavy (non-hydrogen) atoms. The minimum atomic E-state index is -1.03. The molecule has 3 rings (SSSR count). The molecule has 2 amide bonds. The van der Waals surface area contributed by atoms with Crippen LogP contribution in [0.4, 0.5) is 10.1 Å². The van der Waals surface area contributed by atoms with Gasteiger partial charge in [-0.25, -0.2) is 9.29 Å². The Labute approximate surface area is 175 Å². The lowest BCUT2D eigenvalue weighted by Gasteiger charge is -2.22. The van der Waals surface area contributed by atoms with Gasteiger partial charge in [0.1, 0.15) is 11.4 Å². The minimum Gasteiger partial charge on any atom is -0.425 e. The standard InChI is InChI=1S/C21H16ClFN2O5/c1-11(26)25(14-9-7-13(23)8-10-14)21(29)18-19(30-12(2)27)17-15(22)5-4-6-16(17)24(3)20(18)28/h4-10H,1-3H3. The zero-order chi connectivity index (χ0) is 22.2. The Kier molecular flexibility index (Phi) is 5.71. The van der Waals surface area contributed by atoms with Crippen LogP contribution in [0.15, 0.2) is 47.3 Å². The average Bonchev–Trinajstić information content (AvgIpc) is 2.67. The number of rotatable bonds is 3. The van der Waals surface area contributed by atoms with Crippen molar-refractivity contribution in [2.45, 2.75) is 13.8 Å². The van der Waals surface area contributed by atoms with Crippen molar-refractivity contribution in [2.75, 3.05) is 4.90 Å². The fourth-order valence-corrected chi connectivity index (χ4v) is 3.35. The molecule has 3 aromatic rings. The van der Waals surface area contributed by atoms with Crippen molar-refractivity contribution in [3.05, 3.63) is 69.2 Å². The molecule has 7 nitrogen and oxygen atoms in total. The molecule has 1 aromatic heterocycles. The van der Waals surface area contributed by atoms with E-state index in [4.69, 9.17) is 16.3 Å². The molecule has 2 aromatic carbocycles. The number of anilines is 1. The van der Waals surface area contributed by atoms with Gasteiger partial charge in [-0.3, -0.25) is 19.2 Å². The first kappa shape index (κ1) is 21.2. The monoisotopic (exact) mass is 430 g/mol. The van der Waals surface area contributed by atoms with Crippen molar-refractivity contribution in [1.29, 1.82) is 0 Å². The van der Waals surface area contributed by atoms with E-state index in [1.54, 1.807) is 12.1 Å². The fraction of sp³-hybridized carbons (Fsp3) is 0.143. The lowest BCUT2D eigenvalue weighted by molar-refractivity contribution is -0.131. The average molecular weight is 431 g/mol. The Morgan fingerprint density at radius 1 is 1.07 bits per heavy atom. The van der Waals surface area contributed by atoms with Gasteiger partial charge < -0.3 is 9.30 Å². The normalized spacial score (nSPS) is 10.7. The summed E-state index contributed by atoms with van der Waals surface area (Å²) in [5.41, 5.74) is -0.965. The van der Waals surface area contributed by atoms with Crippen molar-refractivity contribution >= 4 is 46.0 Å². The predicted octanol–water partition coefficient (Wildman–Crippen LogP) is 3.45. The fourth-order valence-electron chi connectivity index (χ4n) is 3.09. The molecule has 0 spiro atoms. The van der Waals surface area contributed by atoms with Gasteiger partial charge in [0.2, 0.25) is 5.91 Å². The first-order valence-corrected chi connectivity index (χ1v) is 9.11. The number of benzene rings is 2. The van der Waals surface area contributed by atoms with Crippen molar-refractivity contribution in [1.82, 2.24) is 4.57 Å². The van der Waals surface area contributed by atoms with Crippen molar-refractivity contribution < 1.29 is 23.5 Å². The Bertz CT molecular complexity index is 1250. The molecule has 9 heteroatoms. The van der Waals surface area contributed by atoms with Crippen molar-refractivity contribution in [3.8, 4) is 5.75 Å². The van der Waals surface area contributed by atoms with Crippen LogP contribution in [0, 0.1) is 5.82 Å². The van der Waals surface area contributed by atoms with Gasteiger partial charge >= 0.3 is 5.97 Å². The number of amides is 2. The minimum absolute atomic E-state index is 0.0454. The third-order valence-electron chi connectivity index (χ3n) is 4.39. The highest BCUT2D eigenvalue weighted by molar-refractivity contribution is 6.36. The molecule has 0 bridgehead atoms. The zero-order valence-electron chi connectivity index (χ0n) is 16.2. The first-order valence-electron chi connectivity index (χ1n) is 8.73. The van der Waals surface area contributed by atoms with Gasteiger partial charge in [-0.15, -0.1) is 0 Å². The van der Waals surface area contributed by atoms with Gasteiger partial charge in [-0.05, 0) is 36.4 Å². The molecule has 0 unspecified atom stereocenters. The maximum Gasteiger partial charge on any atom is 0.308 e. The smallest absolute Gasteiger partial charge is 0.308 e. The number of pyridine rings is 1. The number of aryl methyl sites for hydroxylation is 1. The highest BCUT2D eigenvalue weighted by atomic mass is 35.5. The van der Waals surface area contributed by atoms with E-state index in [0.29, 0.717) is 10.4 Å². The number of esters is 1. The van der Waals surface area contributed by atoms with Crippen LogP contribution in [-0.2, 0) is 16.6 Å². The largest absolute Gasteiger partial charge is 0.425 e. The summed E-state index contributed by atoms with van der Waals surface area (Å²) in [6.45, 7) is 2.22. The third-order valence-corrected chi connectivity index (χ3v) is 4.70. The Morgan fingerprint density at radius 2 is 1.70 bits per heavy atom. The van der Waals surface area contributed by atoms with E-state index in [1.165, 1.54) is 29.8 Å². The number of halogens is 2. The quantitative estimate of drug-likeness (QED) is 0.594. The summed E-state index contributed by atoms with van der Waals surface area (Å²) in [7, 11) is 1.42. The number of aromatic nitrogens is 1. The second kappa shape index (κ2) is 8.08. The third kappa shape index (κ3) is 3.69. The second-order valence-electron chi connectivity index (χ2n) is 6.43. The lowest BCUT2D eigenvalue weighted by Crippen LogP contribution is -2.40. The summed E-state index contributed by atoms with van der Waals surface area (Å²) in [6, 6.07) is 9.27. The summed E-state index contributed by atoms with van der Waals surface area (Å²) < 4.78 is 19.7. The summed E-state index contributed by atoms with van der Waals surface area (Å²) in [6.07, 6.45) is 0. The van der Waals surface area contributed by atoms with Crippen molar-refractivity contribution in [2.24, 2.45) is 7.05 Å². The van der Waals surface area contributed by atoms with E-state index in [0.717, 1.165) is 26.0 Å². The van der Waals surface area contributed by atoms with Crippen molar-refractivity contribution in [3.63, 3.8) is 0 Å². The predicted molar refractivity (Wildman–Crippen MR) is 109 cm³/mol. The number of carbonyl (C=O) groups is 3. The van der Waals surface area contributed by atoms with Gasteiger partial charge in [0.05, 0.1) is 21.6 Å². The second-order valence-corrected chi connectivity index (χ2v) is 6.84. The van der Waals surface area contributed by atoms with Gasteiger partial charge in [0.25, 0.3) is 11.5 Å². The summed E-state index contributed by atoms with van der Waals surface area (Å²) >= 11 is 6.28. The van der Waals surface area contributed by atoms with Crippen LogP contribution in [-0.4, -0.2) is 22.4 Å². The zero-order valence-corrected chi connectivity index (χ0v) is 17.0. The number of ether oxygens (including phenoxy) is 1. The van der Waals surface area contributed by atoms with Crippen LogP contribution in [0.25, 0.3) is 10.9 Å². The Balaban J connectivity index is 2.36. The van der Waals surface area contributed by atoms with Gasteiger partial charge in [-0.2, -0.15) is 0 Å². The van der Waals surface area contributed by atoms with Gasteiger partial charge in [0.15, 0.2) is 5.75 Å². The number of hydrogen-bond acceptors (Lipinski definition) is 5. The van der Waals surface area contributed by atoms with Crippen LogP contribution in [0.2, 0.25) is 5.02 Å². The number of carbonyl (C=O) groups excluding carboxylic acids is 3. The molecular formula is C21H16ClFN2O5. The summed E-state index contributed by atoms with van der Waals surface area (Å²) in [5.74, 6) is -3.45. The Morgan fingerprint density at radius 3 is 2.27 bits per heavy atom. The maximum atomic E-state index is 13.4. The summed E-state index contributed by atoms with van der Waals surface area (Å²) in [4.78, 5) is 51.1. The number of nitrogens with zero attached hydrogens (tertiary/aromatic N) is 2. The van der Waals surface area contributed by atoms with Crippen LogP contribution < -0.4 is 15.2 Å². The van der Waals surface area contributed by atoms with Gasteiger partial charge in [-0.1, -0.05) is 17.7 Å². The van der Waals surface area contributed by atoms with Crippen LogP contribution in [0.1, 0.15) is 24.2 Å². The van der Waals surface area contributed by atoms with E-state index in [-0.39, 0.29) is 21.8 Å². The van der Waals surface area contributed by atoms with Crippen LogP contribution >= 0.6 is 11.6 Å². The molecule has 0 atom stereocenters. The van der Waals surface area contributed by atoms with E-state index >= 15 is 0 Å². The van der Waals surface area contributed by atoms with E-state index in [9.17, 15) is 23.6 Å². The number of imide groups is 1. The van der Waals surface area contributed by atoms with Crippen LogP contribution in [0.5, 0.6) is 5.75 Å². The molecule has 154 valence electrons. The maximum absolute atomic E-state index is 13.4. The Hall–Kier alpha value is -3.52. The molecule has 0 saturated heterocycles. The van der Waals surface area contributed by atoms with E-state index in [2.05, 4.69) is 0 Å².